The predicted molar refractivity (Wildman–Crippen MR) is 75.3 cm³/mol. The lowest BCUT2D eigenvalue weighted by Crippen LogP contribution is -2.13. The molecule has 0 saturated carbocycles. The molecule has 0 bridgehead atoms. The first-order chi connectivity index (χ1) is 9.31. The van der Waals surface area contributed by atoms with E-state index in [4.69, 9.17) is 4.74 Å². The molecule has 2 rings (SSSR count). The Kier molecular flexibility index (Phi) is 4.75. The maximum Gasteiger partial charge on any atom is 0.168 e. The van der Waals surface area contributed by atoms with Crippen molar-refractivity contribution in [1.82, 2.24) is 4.98 Å². The second-order valence-electron chi connectivity index (χ2n) is 4.09. The van der Waals surface area contributed by atoms with Crippen LogP contribution in [0.25, 0.3) is 0 Å². The molecule has 19 heavy (non-hydrogen) atoms. The highest BCUT2D eigenvalue weighted by atomic mass is 16.5. The van der Waals surface area contributed by atoms with Crippen LogP contribution in [0.4, 0.5) is 5.82 Å². The molecule has 1 unspecified atom stereocenters. The third-order valence-corrected chi connectivity index (χ3v) is 2.72. The van der Waals surface area contributed by atoms with Crippen LogP contribution in [-0.4, -0.2) is 23.2 Å². The van der Waals surface area contributed by atoms with E-state index >= 15 is 0 Å². The SMILES string of the molecule is CCOc1cccnc1NCC(O)c1ccccc1. The highest BCUT2D eigenvalue weighted by Gasteiger charge is 2.09. The fourth-order valence-electron chi connectivity index (χ4n) is 1.78. The molecular weight excluding hydrogens is 240 g/mol. The number of nitrogens with one attached hydrogen (secondary N) is 1. The first-order valence-corrected chi connectivity index (χ1v) is 6.36. The molecule has 1 atom stereocenters. The van der Waals surface area contributed by atoms with Crippen LogP contribution in [0.5, 0.6) is 5.75 Å². The summed E-state index contributed by atoms with van der Waals surface area (Å²) in [7, 11) is 0. The summed E-state index contributed by atoms with van der Waals surface area (Å²) >= 11 is 0. The molecule has 0 aliphatic rings. The quantitative estimate of drug-likeness (QED) is 0.836. The third-order valence-electron chi connectivity index (χ3n) is 2.72. The summed E-state index contributed by atoms with van der Waals surface area (Å²) in [5.41, 5.74) is 0.879. The van der Waals surface area contributed by atoms with E-state index in [9.17, 15) is 5.11 Å². The summed E-state index contributed by atoms with van der Waals surface area (Å²) in [6.07, 6.45) is 1.12. The zero-order valence-electron chi connectivity index (χ0n) is 10.9. The Morgan fingerprint density at radius 3 is 2.74 bits per heavy atom. The van der Waals surface area contributed by atoms with E-state index in [-0.39, 0.29) is 0 Å². The molecule has 1 aromatic heterocycles. The Hall–Kier alpha value is -2.07. The highest BCUT2D eigenvalue weighted by molar-refractivity contribution is 5.49. The molecule has 0 aliphatic carbocycles. The van der Waals surface area contributed by atoms with Crippen LogP contribution in [0, 0.1) is 0 Å². The van der Waals surface area contributed by atoms with Crippen molar-refractivity contribution in [2.24, 2.45) is 0 Å². The van der Waals surface area contributed by atoms with Crippen LogP contribution in [-0.2, 0) is 0 Å². The van der Waals surface area contributed by atoms with Crippen molar-refractivity contribution >= 4 is 5.82 Å². The maximum atomic E-state index is 10.1. The van der Waals surface area contributed by atoms with E-state index in [1.807, 2.05) is 49.4 Å². The first kappa shape index (κ1) is 13.4. The highest BCUT2D eigenvalue weighted by Crippen LogP contribution is 2.22. The molecule has 2 aromatic rings. The Morgan fingerprint density at radius 2 is 2.00 bits per heavy atom. The molecule has 0 aliphatic heterocycles. The van der Waals surface area contributed by atoms with E-state index in [0.717, 1.165) is 5.56 Å². The van der Waals surface area contributed by atoms with Gasteiger partial charge in [0.2, 0.25) is 0 Å². The van der Waals surface area contributed by atoms with E-state index in [0.29, 0.717) is 24.7 Å². The Morgan fingerprint density at radius 1 is 1.21 bits per heavy atom. The number of rotatable bonds is 6. The van der Waals surface area contributed by atoms with Gasteiger partial charge >= 0.3 is 0 Å². The number of aliphatic hydroxyl groups excluding tert-OH is 1. The number of ether oxygens (including phenoxy) is 1. The van der Waals surface area contributed by atoms with Crippen molar-refractivity contribution in [1.29, 1.82) is 0 Å². The number of anilines is 1. The maximum absolute atomic E-state index is 10.1. The lowest BCUT2D eigenvalue weighted by atomic mass is 10.1. The molecule has 0 saturated heterocycles. The van der Waals surface area contributed by atoms with Gasteiger partial charge in [-0.15, -0.1) is 0 Å². The molecule has 1 heterocycles. The van der Waals surface area contributed by atoms with Gasteiger partial charge in [-0.05, 0) is 24.6 Å². The lowest BCUT2D eigenvalue weighted by molar-refractivity contribution is 0.191. The van der Waals surface area contributed by atoms with Gasteiger partial charge in [-0.2, -0.15) is 0 Å². The van der Waals surface area contributed by atoms with Crippen molar-refractivity contribution in [2.75, 3.05) is 18.5 Å². The summed E-state index contributed by atoms with van der Waals surface area (Å²) in [6.45, 7) is 2.90. The molecule has 0 amide bonds. The van der Waals surface area contributed by atoms with Gasteiger partial charge in [-0.25, -0.2) is 4.98 Å². The Labute approximate surface area is 113 Å². The van der Waals surface area contributed by atoms with Crippen molar-refractivity contribution in [3.05, 3.63) is 54.2 Å². The molecule has 0 radical (unpaired) electrons. The van der Waals surface area contributed by atoms with Gasteiger partial charge in [0.25, 0.3) is 0 Å². The predicted octanol–water partition coefficient (Wildman–Crippen LogP) is 2.63. The van der Waals surface area contributed by atoms with Crippen LogP contribution in [0.3, 0.4) is 0 Å². The van der Waals surface area contributed by atoms with Crippen LogP contribution < -0.4 is 10.1 Å². The standard InChI is InChI=1S/C15H18N2O2/c1-2-19-14-9-6-10-16-15(14)17-11-13(18)12-7-4-3-5-8-12/h3-10,13,18H,2,11H2,1H3,(H,16,17). The van der Waals surface area contributed by atoms with Gasteiger partial charge in [0.1, 0.15) is 0 Å². The van der Waals surface area contributed by atoms with Gasteiger partial charge in [-0.3, -0.25) is 0 Å². The van der Waals surface area contributed by atoms with Crippen LogP contribution in [0.15, 0.2) is 48.7 Å². The molecule has 4 nitrogen and oxygen atoms in total. The molecular formula is C15H18N2O2. The van der Waals surface area contributed by atoms with Gasteiger partial charge in [-0.1, -0.05) is 30.3 Å². The van der Waals surface area contributed by atoms with Crippen molar-refractivity contribution in [3.8, 4) is 5.75 Å². The second kappa shape index (κ2) is 6.75. The lowest BCUT2D eigenvalue weighted by Gasteiger charge is -2.14. The molecule has 1 aromatic carbocycles. The molecule has 100 valence electrons. The third kappa shape index (κ3) is 3.69. The number of aromatic nitrogens is 1. The number of aliphatic hydroxyl groups is 1. The summed E-state index contributed by atoms with van der Waals surface area (Å²) in [5.74, 6) is 1.35. The minimum Gasteiger partial charge on any atom is -0.490 e. The van der Waals surface area contributed by atoms with Gasteiger partial charge in [0.15, 0.2) is 11.6 Å². The summed E-state index contributed by atoms with van der Waals surface area (Å²) < 4.78 is 5.47. The smallest absolute Gasteiger partial charge is 0.168 e. The van der Waals surface area contributed by atoms with E-state index in [2.05, 4.69) is 10.3 Å². The van der Waals surface area contributed by atoms with Crippen molar-refractivity contribution in [3.63, 3.8) is 0 Å². The minimum absolute atomic E-state index is 0.390. The van der Waals surface area contributed by atoms with E-state index in [1.165, 1.54) is 0 Å². The number of pyridine rings is 1. The van der Waals surface area contributed by atoms with Gasteiger partial charge in [0, 0.05) is 12.7 Å². The number of nitrogens with zero attached hydrogens (tertiary/aromatic N) is 1. The number of hydrogen-bond donors (Lipinski definition) is 2. The van der Waals surface area contributed by atoms with Crippen molar-refractivity contribution in [2.45, 2.75) is 13.0 Å². The first-order valence-electron chi connectivity index (χ1n) is 6.36. The fourth-order valence-corrected chi connectivity index (χ4v) is 1.78. The van der Waals surface area contributed by atoms with E-state index < -0.39 is 6.10 Å². The topological polar surface area (TPSA) is 54.4 Å². The zero-order chi connectivity index (χ0) is 13.5. The molecule has 4 heteroatoms. The molecule has 2 N–H and O–H groups in total. The van der Waals surface area contributed by atoms with E-state index in [1.54, 1.807) is 6.20 Å². The Bertz CT molecular complexity index is 503. The van der Waals surface area contributed by atoms with Crippen LogP contribution >= 0.6 is 0 Å². The van der Waals surface area contributed by atoms with Gasteiger partial charge in [0.05, 0.1) is 12.7 Å². The normalized spacial score (nSPS) is 11.9. The summed E-state index contributed by atoms with van der Waals surface area (Å²) in [5, 5.41) is 13.2. The molecule has 0 spiro atoms. The fraction of sp³-hybridized carbons (Fsp3) is 0.267. The average molecular weight is 258 g/mol. The summed E-state index contributed by atoms with van der Waals surface area (Å²) in [4.78, 5) is 4.22. The van der Waals surface area contributed by atoms with Crippen LogP contribution in [0.2, 0.25) is 0 Å². The largest absolute Gasteiger partial charge is 0.490 e. The van der Waals surface area contributed by atoms with Crippen LogP contribution in [0.1, 0.15) is 18.6 Å². The minimum atomic E-state index is -0.572. The number of benzene rings is 1. The monoisotopic (exact) mass is 258 g/mol. The number of hydrogen-bond acceptors (Lipinski definition) is 4. The second-order valence-corrected chi connectivity index (χ2v) is 4.09. The average Bonchev–Trinajstić information content (AvgIpc) is 2.47. The Balaban J connectivity index is 1.99. The zero-order valence-corrected chi connectivity index (χ0v) is 10.9. The van der Waals surface area contributed by atoms with Crippen molar-refractivity contribution < 1.29 is 9.84 Å². The van der Waals surface area contributed by atoms with Gasteiger partial charge < -0.3 is 15.2 Å². The summed E-state index contributed by atoms with van der Waals surface area (Å²) in [6, 6.07) is 13.2. The molecule has 0 fully saturated rings.